The summed E-state index contributed by atoms with van der Waals surface area (Å²) in [6, 6.07) is 13.0. The average molecular weight is 338 g/mol. The van der Waals surface area contributed by atoms with Gasteiger partial charge in [-0.1, -0.05) is 17.7 Å². The molecule has 0 aromatic heterocycles. The molecule has 1 atom stereocenters. The highest BCUT2D eigenvalue weighted by Crippen LogP contribution is 2.37. The summed E-state index contributed by atoms with van der Waals surface area (Å²) in [4.78, 5) is 12.4. The molecular formula is C21H22O4. The van der Waals surface area contributed by atoms with E-state index >= 15 is 0 Å². The topological polar surface area (TPSA) is 44.8 Å². The normalized spacial score (nSPS) is 15.8. The Morgan fingerprint density at radius 3 is 2.56 bits per heavy atom. The van der Waals surface area contributed by atoms with Gasteiger partial charge in [0.05, 0.1) is 19.1 Å². The molecule has 3 rings (SSSR count). The number of fused-ring (bicyclic) bond motifs is 1. The fraction of sp³-hybridized carbons (Fsp3) is 0.286. The Bertz CT molecular complexity index is 786. The van der Waals surface area contributed by atoms with Gasteiger partial charge in [0.2, 0.25) is 0 Å². The minimum absolute atomic E-state index is 0.0813. The van der Waals surface area contributed by atoms with E-state index in [1.807, 2.05) is 44.2 Å². The van der Waals surface area contributed by atoms with Gasteiger partial charge in [0.15, 0.2) is 5.78 Å². The number of ketones is 1. The van der Waals surface area contributed by atoms with E-state index in [1.54, 1.807) is 25.3 Å². The van der Waals surface area contributed by atoms with Gasteiger partial charge in [-0.3, -0.25) is 4.79 Å². The maximum Gasteiger partial charge on any atom is 0.170 e. The Labute approximate surface area is 148 Å². The van der Waals surface area contributed by atoms with Crippen LogP contribution in [0.2, 0.25) is 0 Å². The van der Waals surface area contributed by atoms with Gasteiger partial charge in [0.25, 0.3) is 0 Å². The molecule has 0 bridgehead atoms. The lowest BCUT2D eigenvalue weighted by Crippen LogP contribution is -2.20. The number of carbonyl (C=O) groups is 1. The Morgan fingerprint density at radius 2 is 1.88 bits per heavy atom. The van der Waals surface area contributed by atoms with Gasteiger partial charge < -0.3 is 14.2 Å². The highest BCUT2D eigenvalue weighted by atomic mass is 16.5. The number of benzene rings is 2. The van der Waals surface area contributed by atoms with Crippen LogP contribution >= 0.6 is 0 Å². The van der Waals surface area contributed by atoms with Gasteiger partial charge in [-0.2, -0.15) is 0 Å². The lowest BCUT2D eigenvalue weighted by molar-refractivity contribution is 0.0849. The van der Waals surface area contributed by atoms with Crippen molar-refractivity contribution >= 4 is 5.78 Å². The van der Waals surface area contributed by atoms with E-state index in [4.69, 9.17) is 14.2 Å². The molecule has 0 fully saturated rings. The van der Waals surface area contributed by atoms with Crippen LogP contribution in [0, 0.1) is 0 Å². The van der Waals surface area contributed by atoms with Crippen LogP contribution in [0.25, 0.3) is 0 Å². The Kier molecular flexibility index (Phi) is 5.08. The number of ether oxygens (including phenoxy) is 3. The van der Waals surface area contributed by atoms with E-state index in [1.165, 1.54) is 5.57 Å². The monoisotopic (exact) mass is 338 g/mol. The molecule has 0 amide bonds. The standard InChI is InChI=1S/C21H22O4/c1-14(2)10-11-24-16-6-4-15(5-7-16)20-13-19(22)18-9-8-17(23-3)12-21(18)25-20/h4-10,12,20H,11,13H2,1-3H3. The van der Waals surface area contributed by atoms with Gasteiger partial charge in [-0.15, -0.1) is 0 Å². The van der Waals surface area contributed by atoms with Crippen LogP contribution in [-0.2, 0) is 0 Å². The highest BCUT2D eigenvalue weighted by Gasteiger charge is 2.28. The molecule has 0 spiro atoms. The minimum atomic E-state index is -0.293. The summed E-state index contributed by atoms with van der Waals surface area (Å²) in [6.07, 6.45) is 2.07. The lowest BCUT2D eigenvalue weighted by atomic mass is 9.96. The fourth-order valence-corrected chi connectivity index (χ4v) is 2.70. The highest BCUT2D eigenvalue weighted by molar-refractivity contribution is 6.00. The van der Waals surface area contributed by atoms with Gasteiger partial charge in [-0.25, -0.2) is 0 Å². The summed E-state index contributed by atoms with van der Waals surface area (Å²) in [5.41, 5.74) is 2.79. The van der Waals surface area contributed by atoms with Gasteiger partial charge in [0, 0.05) is 6.07 Å². The third-order valence-electron chi connectivity index (χ3n) is 4.12. The Balaban J connectivity index is 1.74. The molecule has 4 nitrogen and oxygen atoms in total. The number of rotatable bonds is 5. The predicted molar refractivity (Wildman–Crippen MR) is 96.7 cm³/mol. The molecule has 4 heteroatoms. The molecule has 0 radical (unpaired) electrons. The zero-order valence-electron chi connectivity index (χ0n) is 14.7. The van der Waals surface area contributed by atoms with Gasteiger partial charge in [-0.05, 0) is 49.8 Å². The van der Waals surface area contributed by atoms with Crippen molar-refractivity contribution in [3.05, 3.63) is 65.2 Å². The number of hydrogen-bond donors (Lipinski definition) is 0. The van der Waals surface area contributed by atoms with Crippen molar-refractivity contribution in [1.29, 1.82) is 0 Å². The lowest BCUT2D eigenvalue weighted by Gasteiger charge is -2.26. The van der Waals surface area contributed by atoms with E-state index < -0.39 is 0 Å². The quantitative estimate of drug-likeness (QED) is 0.738. The largest absolute Gasteiger partial charge is 0.497 e. The molecule has 2 aromatic carbocycles. The number of hydrogen-bond acceptors (Lipinski definition) is 4. The minimum Gasteiger partial charge on any atom is -0.497 e. The average Bonchev–Trinajstić information content (AvgIpc) is 2.61. The first-order valence-corrected chi connectivity index (χ1v) is 8.31. The third kappa shape index (κ3) is 4.02. The molecule has 0 aliphatic carbocycles. The molecule has 2 aromatic rings. The van der Waals surface area contributed by atoms with Crippen LogP contribution in [-0.4, -0.2) is 19.5 Å². The predicted octanol–water partition coefficient (Wildman–Crippen LogP) is 4.75. The van der Waals surface area contributed by atoms with Crippen molar-refractivity contribution < 1.29 is 19.0 Å². The molecule has 25 heavy (non-hydrogen) atoms. The van der Waals surface area contributed by atoms with Crippen molar-refractivity contribution in [3.8, 4) is 17.2 Å². The van der Waals surface area contributed by atoms with E-state index in [0.29, 0.717) is 30.1 Å². The molecule has 1 aliphatic heterocycles. The van der Waals surface area contributed by atoms with Crippen LogP contribution in [0.4, 0.5) is 0 Å². The summed E-state index contributed by atoms with van der Waals surface area (Å²) in [6.45, 7) is 4.63. The van der Waals surface area contributed by atoms with Crippen molar-refractivity contribution in [3.63, 3.8) is 0 Å². The SMILES string of the molecule is COc1ccc2c(c1)OC(c1ccc(OCC=C(C)C)cc1)CC2=O. The van der Waals surface area contributed by atoms with Crippen molar-refractivity contribution in [2.45, 2.75) is 26.4 Å². The molecule has 1 aliphatic rings. The van der Waals surface area contributed by atoms with Crippen molar-refractivity contribution in [1.82, 2.24) is 0 Å². The van der Waals surface area contributed by atoms with Crippen molar-refractivity contribution in [2.24, 2.45) is 0 Å². The number of allylic oxidation sites excluding steroid dienone is 1. The van der Waals surface area contributed by atoms with E-state index in [-0.39, 0.29) is 11.9 Å². The Hall–Kier alpha value is -2.75. The van der Waals surface area contributed by atoms with Gasteiger partial charge in [0.1, 0.15) is 30.0 Å². The van der Waals surface area contributed by atoms with Crippen LogP contribution in [0.5, 0.6) is 17.2 Å². The first kappa shape index (κ1) is 17.1. The summed E-state index contributed by atoms with van der Waals surface area (Å²) in [7, 11) is 1.60. The second-order valence-corrected chi connectivity index (χ2v) is 6.26. The second kappa shape index (κ2) is 7.43. The zero-order valence-corrected chi connectivity index (χ0v) is 14.7. The molecule has 0 saturated carbocycles. The summed E-state index contributed by atoms with van der Waals surface area (Å²) in [5, 5.41) is 0. The molecule has 1 heterocycles. The molecule has 130 valence electrons. The smallest absolute Gasteiger partial charge is 0.170 e. The van der Waals surface area contributed by atoms with E-state index in [0.717, 1.165) is 11.3 Å². The maximum absolute atomic E-state index is 12.4. The summed E-state index contributed by atoms with van der Waals surface area (Å²) in [5.74, 6) is 2.13. The Morgan fingerprint density at radius 1 is 1.16 bits per heavy atom. The number of methoxy groups -OCH3 is 1. The molecule has 1 unspecified atom stereocenters. The van der Waals surface area contributed by atoms with E-state index in [2.05, 4.69) is 0 Å². The molecule has 0 N–H and O–H groups in total. The summed E-state index contributed by atoms with van der Waals surface area (Å²) < 4.78 is 16.9. The summed E-state index contributed by atoms with van der Waals surface area (Å²) >= 11 is 0. The number of carbonyl (C=O) groups excluding carboxylic acids is 1. The van der Waals surface area contributed by atoms with Crippen LogP contribution in [0.15, 0.2) is 54.1 Å². The third-order valence-corrected chi connectivity index (χ3v) is 4.12. The second-order valence-electron chi connectivity index (χ2n) is 6.26. The number of Topliss-reactive ketones (excluding diaryl/α,β-unsaturated/α-hetero) is 1. The van der Waals surface area contributed by atoms with Crippen molar-refractivity contribution in [2.75, 3.05) is 13.7 Å². The molecule has 0 saturated heterocycles. The maximum atomic E-state index is 12.4. The first-order valence-electron chi connectivity index (χ1n) is 8.31. The zero-order chi connectivity index (χ0) is 17.8. The van der Waals surface area contributed by atoms with Crippen LogP contribution in [0.1, 0.15) is 42.3 Å². The van der Waals surface area contributed by atoms with Crippen LogP contribution in [0.3, 0.4) is 0 Å². The molecular weight excluding hydrogens is 316 g/mol. The van der Waals surface area contributed by atoms with Gasteiger partial charge >= 0.3 is 0 Å². The first-order chi connectivity index (χ1) is 12.1. The van der Waals surface area contributed by atoms with Crippen LogP contribution < -0.4 is 14.2 Å². The van der Waals surface area contributed by atoms with E-state index in [9.17, 15) is 4.79 Å². The fourth-order valence-electron chi connectivity index (χ4n) is 2.70.